The first-order chi connectivity index (χ1) is 22.1. The van der Waals surface area contributed by atoms with Crippen LogP contribution in [0.5, 0.6) is 0 Å². The summed E-state index contributed by atoms with van der Waals surface area (Å²) in [4.78, 5) is 37.7. The summed E-state index contributed by atoms with van der Waals surface area (Å²) >= 11 is 0. The van der Waals surface area contributed by atoms with Crippen LogP contribution in [0.4, 0.5) is 0 Å². The molecule has 5 saturated carbocycles. The van der Waals surface area contributed by atoms with Crippen LogP contribution in [0, 0.1) is 56.7 Å². The monoisotopic (exact) mass is 654 g/mol. The van der Waals surface area contributed by atoms with Crippen LogP contribution in [-0.4, -0.2) is 37.6 Å². The zero-order valence-electron chi connectivity index (χ0n) is 31.2. The summed E-state index contributed by atoms with van der Waals surface area (Å²) < 4.78 is 10.7. The van der Waals surface area contributed by atoms with Gasteiger partial charge in [-0.3, -0.25) is 14.4 Å². The van der Waals surface area contributed by atoms with Crippen LogP contribution in [0.25, 0.3) is 0 Å². The van der Waals surface area contributed by atoms with Gasteiger partial charge in [-0.1, -0.05) is 66.0 Å². The molecule has 1 N–H and O–H groups in total. The van der Waals surface area contributed by atoms with Crippen molar-refractivity contribution in [2.75, 3.05) is 13.7 Å². The molecule has 0 aliphatic heterocycles. The molecule has 5 rings (SSSR count). The van der Waals surface area contributed by atoms with Crippen LogP contribution < -0.4 is 5.32 Å². The zero-order chi connectivity index (χ0) is 34.4. The summed E-state index contributed by atoms with van der Waals surface area (Å²) in [5, 5.41) is 3.46. The maximum absolute atomic E-state index is 14.3. The summed E-state index contributed by atoms with van der Waals surface area (Å²) in [6.07, 6.45) is 16.7. The Labute approximate surface area is 286 Å². The van der Waals surface area contributed by atoms with Gasteiger partial charge in [0.1, 0.15) is 6.10 Å². The van der Waals surface area contributed by atoms with Gasteiger partial charge in [0, 0.05) is 25.3 Å². The Morgan fingerprint density at radius 3 is 2.15 bits per heavy atom. The maximum atomic E-state index is 14.3. The number of ether oxygens (including phenoxy) is 2. The molecule has 0 spiro atoms. The van der Waals surface area contributed by atoms with Gasteiger partial charge in [0.2, 0.25) is 5.91 Å². The third-order valence-corrected chi connectivity index (χ3v) is 15.8. The Balaban J connectivity index is 1.31. The normalized spacial score (nSPS) is 41.8. The number of amides is 1. The van der Waals surface area contributed by atoms with Gasteiger partial charge in [0.25, 0.3) is 0 Å². The Kier molecular flexibility index (Phi) is 10.4. The minimum Gasteiger partial charge on any atom is -0.469 e. The molecule has 0 bridgehead atoms. The predicted molar refractivity (Wildman–Crippen MR) is 187 cm³/mol. The molecular weight excluding hydrogens is 586 g/mol. The molecule has 0 aromatic rings. The van der Waals surface area contributed by atoms with E-state index in [2.05, 4.69) is 53.4 Å². The van der Waals surface area contributed by atoms with Gasteiger partial charge in [-0.15, -0.1) is 0 Å². The molecule has 0 saturated heterocycles. The van der Waals surface area contributed by atoms with E-state index in [1.54, 1.807) is 6.92 Å². The van der Waals surface area contributed by atoms with E-state index in [4.69, 9.17) is 9.47 Å². The first-order valence-electron chi connectivity index (χ1n) is 19.3. The summed E-state index contributed by atoms with van der Waals surface area (Å²) in [5.74, 6) is 2.55. The predicted octanol–water partition coefficient (Wildman–Crippen LogP) is 9.21. The number of esters is 2. The zero-order valence-corrected chi connectivity index (χ0v) is 31.2. The maximum Gasteiger partial charge on any atom is 0.305 e. The van der Waals surface area contributed by atoms with E-state index in [-0.39, 0.29) is 45.1 Å². The number of nitrogens with one attached hydrogen (secondary N) is 1. The number of fused-ring (bicyclic) bond motifs is 7. The summed E-state index contributed by atoms with van der Waals surface area (Å²) in [6, 6.07) is 0. The largest absolute Gasteiger partial charge is 0.469 e. The highest BCUT2D eigenvalue weighted by Gasteiger charge is 2.72. The van der Waals surface area contributed by atoms with E-state index in [1.807, 2.05) is 0 Å². The fourth-order valence-electron chi connectivity index (χ4n) is 13.3. The highest BCUT2D eigenvalue weighted by atomic mass is 16.5. The van der Waals surface area contributed by atoms with Gasteiger partial charge in [0.15, 0.2) is 0 Å². The second-order valence-electron chi connectivity index (χ2n) is 18.1. The topological polar surface area (TPSA) is 81.7 Å². The average molecular weight is 654 g/mol. The lowest BCUT2D eigenvalue weighted by Crippen LogP contribution is -2.67. The SMILES string of the molecule is C=C(C)[C@@H]1CC[C@]2(C(=O)NCCCCCCCC(=O)OC)CC[C@]3(C)[C@H](CC[C@@H]4[C@@]5(C)CC[C@H](OC(C)=O)C(C)(C)[C@@H]5CC[C@]43C)[C@@H]12. The van der Waals surface area contributed by atoms with Gasteiger partial charge in [0.05, 0.1) is 12.5 Å². The third kappa shape index (κ3) is 6.02. The number of unbranched alkanes of at least 4 members (excludes halogenated alkanes) is 4. The van der Waals surface area contributed by atoms with E-state index in [1.165, 1.54) is 38.4 Å². The molecule has 5 aliphatic rings. The van der Waals surface area contributed by atoms with Crippen molar-refractivity contribution in [1.29, 1.82) is 0 Å². The molecule has 6 nitrogen and oxygen atoms in total. The van der Waals surface area contributed by atoms with Crippen molar-refractivity contribution in [3.63, 3.8) is 0 Å². The van der Waals surface area contributed by atoms with Gasteiger partial charge in [-0.05, 0) is 130 Å². The van der Waals surface area contributed by atoms with Crippen molar-refractivity contribution < 1.29 is 23.9 Å². The quantitative estimate of drug-likeness (QED) is 0.137. The van der Waals surface area contributed by atoms with Crippen molar-refractivity contribution in [1.82, 2.24) is 5.32 Å². The highest BCUT2D eigenvalue weighted by Crippen LogP contribution is 2.77. The summed E-state index contributed by atoms with van der Waals surface area (Å²) in [7, 11) is 1.45. The molecule has 6 heteroatoms. The van der Waals surface area contributed by atoms with E-state index in [0.29, 0.717) is 41.9 Å². The van der Waals surface area contributed by atoms with Crippen LogP contribution in [0.15, 0.2) is 12.2 Å². The Hall–Kier alpha value is -1.85. The lowest BCUT2D eigenvalue weighted by Gasteiger charge is -2.72. The number of carbonyl (C=O) groups is 3. The molecule has 0 unspecified atom stereocenters. The molecule has 0 aromatic heterocycles. The van der Waals surface area contributed by atoms with E-state index < -0.39 is 0 Å². The van der Waals surface area contributed by atoms with Crippen LogP contribution in [0.2, 0.25) is 0 Å². The van der Waals surface area contributed by atoms with Crippen molar-refractivity contribution >= 4 is 17.8 Å². The van der Waals surface area contributed by atoms with Crippen LogP contribution >= 0.6 is 0 Å². The lowest BCUT2D eigenvalue weighted by atomic mass is 9.32. The molecule has 5 aliphatic carbocycles. The Morgan fingerprint density at radius 1 is 0.766 bits per heavy atom. The molecule has 0 aromatic carbocycles. The molecule has 47 heavy (non-hydrogen) atoms. The second kappa shape index (κ2) is 13.5. The average Bonchev–Trinajstić information content (AvgIpc) is 3.41. The summed E-state index contributed by atoms with van der Waals surface area (Å²) in [6.45, 7) is 21.7. The lowest BCUT2D eigenvalue weighted by molar-refractivity contribution is -0.248. The van der Waals surface area contributed by atoms with Gasteiger partial charge < -0.3 is 14.8 Å². The third-order valence-electron chi connectivity index (χ3n) is 15.8. The number of hydrogen-bond donors (Lipinski definition) is 1. The number of methoxy groups -OCH3 is 1. The smallest absolute Gasteiger partial charge is 0.305 e. The van der Waals surface area contributed by atoms with Gasteiger partial charge in [-0.25, -0.2) is 0 Å². The van der Waals surface area contributed by atoms with Crippen LogP contribution in [0.1, 0.15) is 151 Å². The highest BCUT2D eigenvalue weighted by molar-refractivity contribution is 5.84. The Morgan fingerprint density at radius 2 is 1.47 bits per heavy atom. The second-order valence-corrected chi connectivity index (χ2v) is 18.1. The molecule has 266 valence electrons. The summed E-state index contributed by atoms with van der Waals surface area (Å²) in [5.41, 5.74) is 1.62. The molecule has 1 amide bonds. The minimum atomic E-state index is -0.275. The molecule has 10 atom stereocenters. The molecular formula is C41H67NO5. The van der Waals surface area contributed by atoms with Gasteiger partial charge in [-0.2, -0.15) is 0 Å². The standard InChI is InChI=1S/C41H67NO5/c1-27(2)29-18-23-41(36(45)42-26-14-12-10-11-13-15-34(44)46-9)25-24-39(7)30(35(29)41)16-17-32-38(6)21-20-33(47-28(3)43)37(4,5)31(38)19-22-40(32,39)8/h29-33,35H,1,10-26H2,2-9H3,(H,42,45)/t29-,30+,31-,32+,33-,35+,38-,39+,40+,41-/m0/s1. The van der Waals surface area contributed by atoms with E-state index >= 15 is 0 Å². The van der Waals surface area contributed by atoms with Crippen LogP contribution in [-0.2, 0) is 23.9 Å². The van der Waals surface area contributed by atoms with E-state index in [9.17, 15) is 14.4 Å². The van der Waals surface area contributed by atoms with E-state index in [0.717, 1.165) is 77.2 Å². The number of allylic oxidation sites excluding steroid dienone is 1. The van der Waals surface area contributed by atoms with Crippen molar-refractivity contribution in [2.45, 2.75) is 157 Å². The Bertz CT molecular complexity index is 1210. The number of rotatable bonds is 11. The molecule has 0 radical (unpaired) electrons. The fraction of sp³-hybridized carbons (Fsp3) is 0.878. The fourth-order valence-corrected chi connectivity index (χ4v) is 13.3. The number of carbonyl (C=O) groups excluding carboxylic acids is 3. The molecule has 0 heterocycles. The van der Waals surface area contributed by atoms with Crippen molar-refractivity contribution in [2.24, 2.45) is 56.7 Å². The van der Waals surface area contributed by atoms with Crippen molar-refractivity contribution in [3.8, 4) is 0 Å². The van der Waals surface area contributed by atoms with Gasteiger partial charge >= 0.3 is 11.9 Å². The first-order valence-corrected chi connectivity index (χ1v) is 19.3. The van der Waals surface area contributed by atoms with Crippen molar-refractivity contribution in [3.05, 3.63) is 12.2 Å². The number of hydrogen-bond acceptors (Lipinski definition) is 5. The minimum absolute atomic E-state index is 0.00421. The first kappa shape index (κ1) is 36.4. The molecule has 5 fully saturated rings. The van der Waals surface area contributed by atoms with Crippen LogP contribution in [0.3, 0.4) is 0 Å².